The summed E-state index contributed by atoms with van der Waals surface area (Å²) in [5, 5.41) is 2.70. The van der Waals surface area contributed by atoms with E-state index < -0.39 is 0 Å². The molecule has 6 heteroatoms. The minimum atomic E-state index is 0.202. The Morgan fingerprint density at radius 2 is 1.96 bits per heavy atom. The Balaban J connectivity index is 1.62. The van der Waals surface area contributed by atoms with E-state index in [2.05, 4.69) is 58.1 Å². The van der Waals surface area contributed by atoms with Gasteiger partial charge in [0, 0.05) is 40.1 Å². The van der Waals surface area contributed by atoms with E-state index in [-0.39, 0.29) is 12.0 Å². The van der Waals surface area contributed by atoms with Crippen LogP contribution >= 0.6 is 23.8 Å². The molecule has 0 spiro atoms. The number of ether oxygens (including phenoxy) is 1. The van der Waals surface area contributed by atoms with Crippen LogP contribution in [0.1, 0.15) is 35.7 Å². The van der Waals surface area contributed by atoms with Gasteiger partial charge in [0.15, 0.2) is 0 Å². The van der Waals surface area contributed by atoms with Crippen LogP contribution in [0.2, 0.25) is 5.02 Å². The number of hydrogen-bond donors (Lipinski definition) is 1. The Hall–Kier alpha value is -2.08. The number of halogens is 1. The highest BCUT2D eigenvalue weighted by Gasteiger charge is 2.36. The highest BCUT2D eigenvalue weighted by molar-refractivity contribution is 7.80. The molecule has 4 nitrogen and oxygen atoms in total. The lowest BCUT2D eigenvalue weighted by atomic mass is 9.84. The van der Waals surface area contributed by atoms with Crippen LogP contribution in [0.25, 0.3) is 10.9 Å². The van der Waals surface area contributed by atoms with Crippen molar-refractivity contribution in [1.82, 2.24) is 14.8 Å². The lowest BCUT2D eigenvalue weighted by Crippen LogP contribution is -2.44. The average Bonchev–Trinajstić information content (AvgIpc) is 3.29. The summed E-state index contributed by atoms with van der Waals surface area (Å²) >= 11 is 12.0. The van der Waals surface area contributed by atoms with Gasteiger partial charge >= 0.3 is 0 Å². The smallest absolute Gasteiger partial charge is 0.260 e. The highest BCUT2D eigenvalue weighted by Crippen LogP contribution is 2.44. The van der Waals surface area contributed by atoms with Crippen LogP contribution in [0.4, 0.5) is 0 Å². The maximum Gasteiger partial charge on any atom is 0.260 e. The number of H-pyrrole nitrogens is 1. The second-order valence-electron chi connectivity index (χ2n) is 7.54. The lowest BCUT2D eigenvalue weighted by Gasteiger charge is -2.40. The second-order valence-corrected chi connectivity index (χ2v) is 8.30. The molecule has 0 bridgehead atoms. The van der Waals surface area contributed by atoms with Crippen molar-refractivity contribution in [3.63, 3.8) is 0 Å². The average molecular weight is 412 g/mol. The summed E-state index contributed by atoms with van der Waals surface area (Å²) in [6, 6.07) is 17.0. The van der Waals surface area contributed by atoms with Gasteiger partial charge in [-0.15, -0.1) is 0 Å². The molecule has 0 unspecified atom stereocenters. The Kier molecular flexibility index (Phi) is 4.54. The van der Waals surface area contributed by atoms with Crippen molar-refractivity contribution in [3.8, 4) is 0 Å². The monoisotopic (exact) mass is 411 g/mol. The first-order chi connectivity index (χ1) is 13.6. The molecule has 2 aliphatic heterocycles. The molecule has 3 aromatic rings. The molecule has 0 amide bonds. The first-order valence-electron chi connectivity index (χ1n) is 9.64. The SMILES string of the molecule is C[C@@H]1c2[nH]c3ccccc3c2[C@@H](c2ccccc2Cl)CN1CN1CCOC1=S. The van der Waals surface area contributed by atoms with Gasteiger partial charge in [-0.1, -0.05) is 48.0 Å². The van der Waals surface area contributed by atoms with Gasteiger partial charge in [-0.3, -0.25) is 4.90 Å². The maximum atomic E-state index is 6.64. The van der Waals surface area contributed by atoms with Gasteiger partial charge in [0.1, 0.15) is 6.61 Å². The van der Waals surface area contributed by atoms with E-state index >= 15 is 0 Å². The van der Waals surface area contributed by atoms with Gasteiger partial charge in [-0.05, 0) is 42.4 Å². The highest BCUT2D eigenvalue weighted by atomic mass is 35.5. The molecule has 1 saturated heterocycles. The summed E-state index contributed by atoms with van der Waals surface area (Å²) < 4.78 is 5.49. The van der Waals surface area contributed by atoms with Crippen molar-refractivity contribution >= 4 is 39.9 Å². The number of nitrogens with one attached hydrogen (secondary N) is 1. The molecule has 28 heavy (non-hydrogen) atoms. The maximum absolute atomic E-state index is 6.64. The zero-order valence-electron chi connectivity index (χ0n) is 15.7. The number of thiocarbonyl (C=S) groups is 1. The molecule has 0 aliphatic carbocycles. The molecule has 2 aliphatic rings. The summed E-state index contributed by atoms with van der Waals surface area (Å²) in [6.07, 6.45) is 0. The number of benzene rings is 2. The van der Waals surface area contributed by atoms with Gasteiger partial charge < -0.3 is 14.6 Å². The third kappa shape index (κ3) is 2.89. The molecule has 2 atom stereocenters. The molecule has 3 heterocycles. The fourth-order valence-corrected chi connectivity index (χ4v) is 5.02. The molecule has 1 aromatic heterocycles. The number of hydrogen-bond acceptors (Lipinski definition) is 3. The van der Waals surface area contributed by atoms with E-state index in [0.717, 1.165) is 24.8 Å². The van der Waals surface area contributed by atoms with Crippen molar-refractivity contribution in [2.24, 2.45) is 0 Å². The summed E-state index contributed by atoms with van der Waals surface area (Å²) in [5.74, 6) is 0.202. The topological polar surface area (TPSA) is 31.5 Å². The van der Waals surface area contributed by atoms with Crippen LogP contribution in [0.15, 0.2) is 48.5 Å². The number of nitrogens with zero attached hydrogens (tertiary/aromatic N) is 2. The van der Waals surface area contributed by atoms with Crippen LogP contribution in [0.3, 0.4) is 0 Å². The van der Waals surface area contributed by atoms with Crippen LogP contribution in [-0.4, -0.2) is 46.3 Å². The Labute approximate surface area is 175 Å². The van der Waals surface area contributed by atoms with Crippen molar-refractivity contribution in [2.75, 3.05) is 26.4 Å². The number of para-hydroxylation sites is 1. The summed E-state index contributed by atoms with van der Waals surface area (Å²) in [6.45, 7) is 5.43. The summed E-state index contributed by atoms with van der Waals surface area (Å²) in [4.78, 5) is 8.29. The lowest BCUT2D eigenvalue weighted by molar-refractivity contribution is 0.130. The number of rotatable bonds is 3. The number of aromatic nitrogens is 1. The molecule has 0 saturated carbocycles. The van der Waals surface area contributed by atoms with Crippen molar-refractivity contribution < 1.29 is 4.74 Å². The minimum absolute atomic E-state index is 0.202. The van der Waals surface area contributed by atoms with Crippen LogP contribution in [0.5, 0.6) is 0 Å². The Bertz CT molecular complexity index is 1050. The predicted octanol–water partition coefficient (Wildman–Crippen LogP) is 4.90. The van der Waals surface area contributed by atoms with Gasteiger partial charge in [-0.25, -0.2) is 0 Å². The van der Waals surface area contributed by atoms with E-state index in [1.807, 2.05) is 12.1 Å². The zero-order chi connectivity index (χ0) is 19.3. The number of aromatic amines is 1. The molecular formula is C22H22ClN3OS. The largest absolute Gasteiger partial charge is 0.469 e. The first kappa shape index (κ1) is 18.0. The molecule has 1 N–H and O–H groups in total. The van der Waals surface area contributed by atoms with Crippen LogP contribution in [0, 0.1) is 0 Å². The van der Waals surface area contributed by atoms with Gasteiger partial charge in [0.25, 0.3) is 5.17 Å². The summed E-state index contributed by atoms with van der Waals surface area (Å²) in [7, 11) is 0. The van der Waals surface area contributed by atoms with Crippen LogP contribution in [-0.2, 0) is 4.74 Å². The van der Waals surface area contributed by atoms with Crippen molar-refractivity contribution in [3.05, 3.63) is 70.4 Å². The van der Waals surface area contributed by atoms with E-state index in [4.69, 9.17) is 28.6 Å². The third-order valence-electron chi connectivity index (χ3n) is 5.99. The summed E-state index contributed by atoms with van der Waals surface area (Å²) in [5.41, 5.74) is 4.99. The molecule has 1 fully saturated rings. The van der Waals surface area contributed by atoms with E-state index in [0.29, 0.717) is 11.8 Å². The van der Waals surface area contributed by atoms with Gasteiger partial charge in [0.2, 0.25) is 0 Å². The van der Waals surface area contributed by atoms with Crippen molar-refractivity contribution in [2.45, 2.75) is 18.9 Å². The molecule has 0 radical (unpaired) electrons. The molecule has 144 valence electrons. The van der Waals surface area contributed by atoms with E-state index in [1.54, 1.807) is 0 Å². The van der Waals surface area contributed by atoms with Crippen LogP contribution < -0.4 is 0 Å². The Morgan fingerprint density at radius 3 is 2.75 bits per heavy atom. The fourth-order valence-electron chi connectivity index (χ4n) is 4.52. The quantitative estimate of drug-likeness (QED) is 0.621. The zero-order valence-corrected chi connectivity index (χ0v) is 17.3. The van der Waals surface area contributed by atoms with E-state index in [1.165, 1.54) is 27.7 Å². The first-order valence-corrected chi connectivity index (χ1v) is 10.4. The van der Waals surface area contributed by atoms with Gasteiger partial charge in [0.05, 0.1) is 13.2 Å². The second kappa shape index (κ2) is 7.07. The Morgan fingerprint density at radius 1 is 1.18 bits per heavy atom. The standard InChI is InChI=1S/C22H22ClN3OS/c1-14-21-20(16-7-3-5-9-19(16)24-21)17(15-6-2-4-8-18(15)23)12-26(14)13-25-10-11-27-22(25)28/h2-9,14,17,24H,10-13H2,1H3/t14-,17-/m1/s1. The van der Waals surface area contributed by atoms with Gasteiger partial charge in [-0.2, -0.15) is 0 Å². The fraction of sp³-hybridized carbons (Fsp3) is 0.318. The molecule has 5 rings (SSSR count). The molecular weight excluding hydrogens is 390 g/mol. The van der Waals surface area contributed by atoms with E-state index in [9.17, 15) is 0 Å². The molecule has 2 aromatic carbocycles. The predicted molar refractivity (Wildman–Crippen MR) is 117 cm³/mol. The normalized spacial score (nSPS) is 22.5. The third-order valence-corrected chi connectivity index (χ3v) is 6.71. The minimum Gasteiger partial charge on any atom is -0.469 e. The van der Waals surface area contributed by atoms with Crippen molar-refractivity contribution in [1.29, 1.82) is 0 Å². The number of fused-ring (bicyclic) bond motifs is 3.